The maximum absolute atomic E-state index is 2.57. The average molecular weight is 658 g/mol. The Labute approximate surface area is 263 Å². The molecule has 0 aromatic heterocycles. The van der Waals surface area contributed by atoms with Gasteiger partial charge in [0.1, 0.15) is 0 Å². The van der Waals surface area contributed by atoms with Crippen molar-refractivity contribution in [3.63, 3.8) is 0 Å². The molecule has 0 heterocycles. The molecule has 0 saturated carbocycles. The van der Waals surface area contributed by atoms with E-state index in [0.717, 1.165) is 6.42 Å². The number of hydrogen-bond acceptors (Lipinski definition) is 0. The summed E-state index contributed by atoms with van der Waals surface area (Å²) in [4.78, 5) is 0. The molecule has 0 aliphatic heterocycles. The quantitative estimate of drug-likeness (QED) is 0.365. The van der Waals surface area contributed by atoms with Crippen LogP contribution in [0.2, 0.25) is 24.7 Å². The number of rotatable bonds is 5. The minimum atomic E-state index is -1.61. The number of hydrogen-bond donors (Lipinski definition) is 0. The van der Waals surface area contributed by atoms with E-state index in [1.54, 1.807) is 17.6 Å². The smallest absolute Gasteiger partial charge is 1.00 e. The maximum Gasteiger partial charge on any atom is -1.00 e. The van der Waals surface area contributed by atoms with Crippen molar-refractivity contribution in [3.05, 3.63) is 153 Å². The predicted molar refractivity (Wildman–Crippen MR) is 163 cm³/mol. The first-order valence-corrected chi connectivity index (χ1v) is 19.6. The van der Waals surface area contributed by atoms with Gasteiger partial charge >= 0.3 is 241 Å². The molecule has 3 aliphatic rings. The summed E-state index contributed by atoms with van der Waals surface area (Å²) in [5, 5.41) is 3.00. The third kappa shape index (κ3) is 5.30. The van der Waals surface area contributed by atoms with Crippen LogP contribution in [0.5, 0.6) is 0 Å². The van der Waals surface area contributed by atoms with Gasteiger partial charge in [-0.05, 0) is 0 Å². The van der Waals surface area contributed by atoms with Gasteiger partial charge in [-0.25, -0.2) is 0 Å². The molecule has 3 aromatic rings. The fraction of sp³-hybridized carbons (Fsp3) is 0.194. The largest absolute Gasteiger partial charge is 1.00 e. The number of benzene rings is 3. The summed E-state index contributed by atoms with van der Waals surface area (Å²) < 4.78 is 3.22. The normalized spacial score (nSPS) is 18.9. The molecule has 0 spiro atoms. The Morgan fingerprint density at radius 2 is 1.45 bits per heavy atom. The Bertz CT molecular complexity index is 1680. The summed E-state index contributed by atoms with van der Waals surface area (Å²) in [5.74, 6) is 0. The van der Waals surface area contributed by atoms with Crippen LogP contribution in [0.15, 0.2) is 126 Å². The second kappa shape index (κ2) is 12.0. The molecule has 0 bridgehead atoms. The topological polar surface area (TPSA) is 0 Å². The molecular weight excluding hydrogens is 623 g/mol. The first kappa shape index (κ1) is 30.9. The van der Waals surface area contributed by atoms with Crippen molar-refractivity contribution in [2.45, 2.75) is 44.9 Å². The van der Waals surface area contributed by atoms with Crippen LogP contribution in [-0.2, 0) is 22.8 Å². The minimum Gasteiger partial charge on any atom is -1.00 e. The molecule has 0 fully saturated rings. The van der Waals surface area contributed by atoms with Gasteiger partial charge < -0.3 is 24.8 Å². The molecule has 3 aliphatic carbocycles. The van der Waals surface area contributed by atoms with Crippen molar-refractivity contribution in [1.82, 2.24) is 0 Å². The molecule has 4 heteroatoms. The molecule has 0 radical (unpaired) electrons. The zero-order chi connectivity index (χ0) is 26.5. The van der Waals surface area contributed by atoms with Crippen molar-refractivity contribution < 1.29 is 47.6 Å². The molecule has 1 unspecified atom stereocenters. The van der Waals surface area contributed by atoms with Crippen molar-refractivity contribution in [3.8, 4) is 0 Å². The number of halogens is 2. The number of allylic oxidation sites excluding steroid dienone is 8. The molecule has 0 nitrogen and oxygen atoms in total. The van der Waals surface area contributed by atoms with Crippen LogP contribution in [0.4, 0.5) is 0 Å². The van der Waals surface area contributed by atoms with Crippen LogP contribution in [0, 0.1) is 6.92 Å². The SMILES string of the molecule is Cc1ccc2c(c1)=[C]([Zr+2]=[C](c1ccccc1)c1ccccc1)C1=C(C3=CC=CC3)C(C)([Si](C)(C)C)C=CC=21.[Cl-].[Cl-]. The molecule has 0 saturated heterocycles. The zero-order valence-corrected chi connectivity index (χ0v) is 28.8. The number of fused-ring (bicyclic) bond motifs is 2. The van der Waals surface area contributed by atoms with E-state index < -0.39 is 30.8 Å². The van der Waals surface area contributed by atoms with Crippen molar-refractivity contribution >= 4 is 20.1 Å². The van der Waals surface area contributed by atoms with Crippen LogP contribution in [-0.4, -0.2) is 11.3 Å². The first-order chi connectivity index (χ1) is 18.3. The van der Waals surface area contributed by atoms with Gasteiger partial charge in [0, 0.05) is 0 Å². The van der Waals surface area contributed by atoms with E-state index in [1.165, 1.54) is 38.3 Å². The van der Waals surface area contributed by atoms with Crippen LogP contribution in [0.3, 0.4) is 0 Å². The van der Waals surface area contributed by atoms with Crippen LogP contribution >= 0.6 is 0 Å². The van der Waals surface area contributed by atoms with Crippen molar-refractivity contribution in [2.75, 3.05) is 0 Å². The van der Waals surface area contributed by atoms with Gasteiger partial charge in [0.2, 0.25) is 0 Å². The summed E-state index contributed by atoms with van der Waals surface area (Å²) in [6, 6.07) is 29.4. The molecule has 0 amide bonds. The molecule has 40 heavy (non-hydrogen) atoms. The second-order valence-corrected chi connectivity index (χ2v) is 20.5. The Morgan fingerprint density at radius 3 is 2.00 bits per heavy atom. The number of aryl methyl sites for hydroxylation is 1. The monoisotopic (exact) mass is 655 g/mol. The summed E-state index contributed by atoms with van der Waals surface area (Å²) in [5.41, 5.74) is 10.3. The van der Waals surface area contributed by atoms with Crippen LogP contribution in [0.25, 0.3) is 8.85 Å². The van der Waals surface area contributed by atoms with E-state index in [9.17, 15) is 0 Å². The van der Waals surface area contributed by atoms with Crippen LogP contribution in [0.1, 0.15) is 30.0 Å². The Hall–Kier alpha value is -2.09. The van der Waals surface area contributed by atoms with E-state index in [2.05, 4.69) is 143 Å². The molecule has 6 rings (SSSR count). The van der Waals surface area contributed by atoms with Crippen molar-refractivity contribution in [1.29, 1.82) is 0 Å². The van der Waals surface area contributed by atoms with Crippen LogP contribution < -0.4 is 35.3 Å². The summed E-state index contributed by atoms with van der Waals surface area (Å²) in [7, 11) is -1.61. The third-order valence-corrected chi connectivity index (χ3v) is 16.1. The molecule has 3 aromatic carbocycles. The predicted octanol–water partition coefficient (Wildman–Crippen LogP) is 1.48. The molecule has 201 valence electrons. The second-order valence-electron chi connectivity index (χ2n) is 11.9. The third-order valence-electron chi connectivity index (χ3n) is 8.63. The van der Waals surface area contributed by atoms with Gasteiger partial charge in [0.15, 0.2) is 0 Å². The fourth-order valence-corrected chi connectivity index (χ4v) is 11.6. The Kier molecular flexibility index (Phi) is 9.28. The minimum absolute atomic E-state index is 0. The van der Waals surface area contributed by atoms with Gasteiger partial charge in [0.05, 0.1) is 0 Å². The van der Waals surface area contributed by atoms with Gasteiger partial charge in [-0.2, -0.15) is 0 Å². The van der Waals surface area contributed by atoms with Gasteiger partial charge in [-0.1, -0.05) is 0 Å². The average Bonchev–Trinajstić information content (AvgIpc) is 3.54. The van der Waals surface area contributed by atoms with E-state index in [4.69, 9.17) is 0 Å². The Balaban J connectivity index is 0.00000185. The van der Waals surface area contributed by atoms with E-state index in [-0.39, 0.29) is 29.9 Å². The van der Waals surface area contributed by atoms with Gasteiger partial charge in [0.25, 0.3) is 0 Å². The van der Waals surface area contributed by atoms with E-state index in [1.807, 2.05) is 0 Å². The summed E-state index contributed by atoms with van der Waals surface area (Å²) >= 11 is -1.24. The summed E-state index contributed by atoms with van der Waals surface area (Å²) in [6.07, 6.45) is 13.1. The van der Waals surface area contributed by atoms with E-state index in [0.29, 0.717) is 0 Å². The summed E-state index contributed by atoms with van der Waals surface area (Å²) in [6.45, 7) is 12.4. The molecular formula is C36H35Cl2SiZr. The zero-order valence-electron chi connectivity index (χ0n) is 23.9. The maximum atomic E-state index is 2.57. The molecule has 1 atom stereocenters. The first-order valence-electron chi connectivity index (χ1n) is 13.7. The van der Waals surface area contributed by atoms with Crippen molar-refractivity contribution in [2.24, 2.45) is 0 Å². The van der Waals surface area contributed by atoms with E-state index >= 15 is 0 Å². The fourth-order valence-electron chi connectivity index (χ4n) is 6.06. The molecule has 0 N–H and O–H groups in total. The van der Waals surface area contributed by atoms with Gasteiger partial charge in [-0.3, -0.25) is 0 Å². The Morgan fingerprint density at radius 1 is 0.825 bits per heavy atom. The van der Waals surface area contributed by atoms with Gasteiger partial charge in [-0.15, -0.1) is 0 Å². The standard InChI is InChI=1S/C23H25Si.C13H10.2ClH.Zr/c1-16-10-11-19-18(14-16)15-21-20(19)12-13-23(2,24(3,4)5)22(21)17-8-6-7-9-17;1-3-7-12(8-4-1)11-13-9-5-2-6-10-13;;;/h6-8,10-14H,9H2,1-5H3;1-10H;2*1H;/q;;;;+2/p-2.